The van der Waals surface area contributed by atoms with E-state index in [1.165, 1.54) is 12.3 Å². The Balaban J connectivity index is 2.08. The van der Waals surface area contributed by atoms with Gasteiger partial charge in [0.15, 0.2) is 11.2 Å². The number of carboxylic acids is 1. The first-order valence-corrected chi connectivity index (χ1v) is 8.39. The quantitative estimate of drug-likeness (QED) is 0.766. The van der Waals surface area contributed by atoms with E-state index in [9.17, 15) is 14.7 Å². The number of pyridine rings is 1. The second kappa shape index (κ2) is 5.34. The zero-order valence-corrected chi connectivity index (χ0v) is 14.4. The van der Waals surface area contributed by atoms with Crippen LogP contribution in [0.25, 0.3) is 22.4 Å². The maximum Gasteiger partial charge on any atom is 0.341 e. The number of nitrogens with zero attached hydrogens (tertiary/aromatic N) is 1. The van der Waals surface area contributed by atoms with Crippen molar-refractivity contribution in [2.24, 2.45) is 5.92 Å². The molecule has 4 rings (SSSR count). The second-order valence-corrected chi connectivity index (χ2v) is 7.03. The van der Waals surface area contributed by atoms with E-state index in [1.54, 1.807) is 0 Å². The molecule has 1 aliphatic rings. The molecule has 3 aromatic rings. The van der Waals surface area contributed by atoms with Crippen LogP contribution in [0.1, 0.15) is 41.4 Å². The third-order valence-corrected chi connectivity index (χ3v) is 5.10. The van der Waals surface area contributed by atoms with Crippen LogP contribution in [0.5, 0.6) is 0 Å². The average Bonchev–Trinajstić information content (AvgIpc) is 2.93. The Hall–Kier alpha value is -2.82. The van der Waals surface area contributed by atoms with Gasteiger partial charge in [-0.15, -0.1) is 0 Å². The summed E-state index contributed by atoms with van der Waals surface area (Å²) in [7, 11) is 0. The molecule has 3 heterocycles. The number of aromatic nitrogens is 1. The minimum atomic E-state index is -1.20. The van der Waals surface area contributed by atoms with E-state index in [4.69, 9.17) is 4.42 Å². The first-order valence-electron chi connectivity index (χ1n) is 8.39. The Labute approximate surface area is 144 Å². The largest absolute Gasteiger partial charge is 0.477 e. The summed E-state index contributed by atoms with van der Waals surface area (Å²) in [5, 5.41) is 10.4. The van der Waals surface area contributed by atoms with Gasteiger partial charge < -0.3 is 14.1 Å². The van der Waals surface area contributed by atoms with Crippen LogP contribution in [0.4, 0.5) is 0 Å². The van der Waals surface area contributed by atoms with Crippen molar-refractivity contribution in [3.8, 4) is 11.5 Å². The van der Waals surface area contributed by atoms with Gasteiger partial charge in [0.1, 0.15) is 11.1 Å². The minimum absolute atomic E-state index is 0.0718. The number of fused-ring (bicyclic) bond motifs is 5. The highest BCUT2D eigenvalue weighted by atomic mass is 16.4. The number of aromatic carboxylic acids is 1. The Kier molecular flexibility index (Phi) is 3.35. The standard InChI is InChI=1S/C20H19NO4/c1-10(2)15-7-13-12-6-4-5-11(3)18(12)25-19(13)16-8-17(22)14(20(23)24)9-21(15)16/h4-6,8-10,15H,7H2,1-3H3,(H,23,24)/t15-/m0/s1. The molecule has 0 bridgehead atoms. The van der Waals surface area contributed by atoms with Crippen molar-refractivity contribution >= 4 is 16.9 Å². The molecule has 0 aliphatic carbocycles. The van der Waals surface area contributed by atoms with E-state index < -0.39 is 11.4 Å². The number of hydrogen-bond donors (Lipinski definition) is 1. The van der Waals surface area contributed by atoms with E-state index in [-0.39, 0.29) is 17.5 Å². The molecule has 2 aromatic heterocycles. The lowest BCUT2D eigenvalue weighted by Crippen LogP contribution is -2.27. The molecule has 1 atom stereocenters. The van der Waals surface area contributed by atoms with E-state index in [0.29, 0.717) is 11.5 Å². The van der Waals surface area contributed by atoms with Gasteiger partial charge in [0.25, 0.3) is 0 Å². The summed E-state index contributed by atoms with van der Waals surface area (Å²) in [5.41, 5.74) is 2.93. The van der Waals surface area contributed by atoms with Crippen LogP contribution in [0.3, 0.4) is 0 Å². The highest BCUT2D eigenvalue weighted by molar-refractivity contribution is 5.91. The number of benzene rings is 1. The van der Waals surface area contributed by atoms with Crippen molar-refractivity contribution < 1.29 is 14.3 Å². The molecular weight excluding hydrogens is 318 g/mol. The van der Waals surface area contributed by atoms with Crippen molar-refractivity contribution in [2.45, 2.75) is 33.2 Å². The van der Waals surface area contributed by atoms with E-state index in [2.05, 4.69) is 13.8 Å². The van der Waals surface area contributed by atoms with Crippen LogP contribution in [0.15, 0.2) is 39.7 Å². The van der Waals surface area contributed by atoms with Gasteiger partial charge in [-0.05, 0) is 24.8 Å². The highest BCUT2D eigenvalue weighted by Gasteiger charge is 2.32. The molecule has 25 heavy (non-hydrogen) atoms. The molecule has 5 nitrogen and oxygen atoms in total. The van der Waals surface area contributed by atoms with Gasteiger partial charge in [0.2, 0.25) is 0 Å². The fourth-order valence-electron chi connectivity index (χ4n) is 3.75. The smallest absolute Gasteiger partial charge is 0.341 e. The summed E-state index contributed by atoms with van der Waals surface area (Å²) < 4.78 is 8.02. The Bertz CT molecular complexity index is 1070. The topological polar surface area (TPSA) is 72.4 Å². The molecule has 5 heteroatoms. The van der Waals surface area contributed by atoms with Crippen molar-refractivity contribution in [2.75, 3.05) is 0 Å². The number of rotatable bonds is 2. The molecule has 0 fully saturated rings. The van der Waals surface area contributed by atoms with E-state index >= 15 is 0 Å². The fourth-order valence-corrected chi connectivity index (χ4v) is 3.75. The Morgan fingerprint density at radius 2 is 2.12 bits per heavy atom. The monoisotopic (exact) mass is 337 g/mol. The lowest BCUT2D eigenvalue weighted by molar-refractivity contribution is 0.0694. The van der Waals surface area contributed by atoms with Crippen LogP contribution in [0.2, 0.25) is 0 Å². The van der Waals surface area contributed by atoms with Crippen molar-refractivity contribution in [1.82, 2.24) is 4.57 Å². The summed E-state index contributed by atoms with van der Waals surface area (Å²) in [6, 6.07) is 7.52. The Morgan fingerprint density at radius 1 is 1.36 bits per heavy atom. The van der Waals surface area contributed by atoms with Gasteiger partial charge in [-0.1, -0.05) is 32.0 Å². The number of furan rings is 1. The van der Waals surface area contributed by atoms with Crippen LogP contribution >= 0.6 is 0 Å². The van der Waals surface area contributed by atoms with E-state index in [1.807, 2.05) is 29.7 Å². The molecule has 0 saturated carbocycles. The summed E-state index contributed by atoms with van der Waals surface area (Å²) >= 11 is 0. The lowest BCUT2D eigenvalue weighted by Gasteiger charge is -2.31. The molecule has 1 aromatic carbocycles. The maximum absolute atomic E-state index is 12.3. The molecule has 0 spiro atoms. The van der Waals surface area contributed by atoms with Crippen LogP contribution < -0.4 is 5.43 Å². The number of para-hydroxylation sites is 1. The van der Waals surface area contributed by atoms with Gasteiger partial charge in [-0.2, -0.15) is 0 Å². The van der Waals surface area contributed by atoms with Gasteiger partial charge in [0, 0.05) is 29.3 Å². The van der Waals surface area contributed by atoms with E-state index in [0.717, 1.165) is 28.5 Å². The second-order valence-electron chi connectivity index (χ2n) is 7.03. The first-order chi connectivity index (χ1) is 11.9. The molecular formula is C20H19NO4. The third kappa shape index (κ3) is 2.22. The number of hydrogen-bond acceptors (Lipinski definition) is 3. The average molecular weight is 337 g/mol. The number of carboxylic acid groups (broad SMARTS) is 1. The van der Waals surface area contributed by atoms with Crippen molar-refractivity contribution in [1.29, 1.82) is 0 Å². The van der Waals surface area contributed by atoms with Gasteiger partial charge in [-0.3, -0.25) is 4.79 Å². The van der Waals surface area contributed by atoms with Gasteiger partial charge in [0.05, 0.1) is 5.69 Å². The molecule has 0 radical (unpaired) electrons. The normalized spacial score (nSPS) is 16.1. The van der Waals surface area contributed by atoms with Gasteiger partial charge >= 0.3 is 5.97 Å². The molecule has 0 unspecified atom stereocenters. The predicted molar refractivity (Wildman–Crippen MR) is 95.2 cm³/mol. The summed E-state index contributed by atoms with van der Waals surface area (Å²) in [6.07, 6.45) is 2.21. The fraction of sp³-hybridized carbons (Fsp3) is 0.300. The maximum atomic E-state index is 12.3. The predicted octanol–water partition coefficient (Wildman–Crippen LogP) is 4.02. The summed E-state index contributed by atoms with van der Waals surface area (Å²) in [5.74, 6) is -0.241. The number of carbonyl (C=O) groups is 1. The lowest BCUT2D eigenvalue weighted by atomic mass is 9.89. The highest BCUT2D eigenvalue weighted by Crippen LogP contribution is 2.43. The van der Waals surface area contributed by atoms with Crippen LogP contribution in [-0.4, -0.2) is 15.6 Å². The summed E-state index contributed by atoms with van der Waals surface area (Å²) in [4.78, 5) is 23.6. The van der Waals surface area contributed by atoms with Crippen molar-refractivity contribution in [3.05, 3.63) is 57.4 Å². The first kappa shape index (κ1) is 15.7. The molecule has 1 N–H and O–H groups in total. The zero-order chi connectivity index (χ0) is 17.9. The van der Waals surface area contributed by atoms with Crippen LogP contribution in [-0.2, 0) is 6.42 Å². The SMILES string of the molecule is Cc1cccc2c3c(oc12)-c1cc(=O)c(C(=O)O)cn1[C@H](C(C)C)C3. The molecule has 0 saturated heterocycles. The van der Waals surface area contributed by atoms with Gasteiger partial charge in [-0.25, -0.2) is 4.79 Å². The summed E-state index contributed by atoms with van der Waals surface area (Å²) in [6.45, 7) is 6.20. The third-order valence-electron chi connectivity index (χ3n) is 5.10. The minimum Gasteiger partial charge on any atom is -0.477 e. The van der Waals surface area contributed by atoms with Crippen LogP contribution in [0, 0.1) is 12.8 Å². The Morgan fingerprint density at radius 3 is 2.80 bits per heavy atom. The number of aryl methyl sites for hydroxylation is 1. The zero-order valence-electron chi connectivity index (χ0n) is 14.4. The van der Waals surface area contributed by atoms with Crippen molar-refractivity contribution in [3.63, 3.8) is 0 Å². The molecule has 128 valence electrons. The molecule has 0 amide bonds. The molecule has 1 aliphatic heterocycles.